The summed E-state index contributed by atoms with van der Waals surface area (Å²) in [6, 6.07) is 0. The van der Waals surface area contributed by atoms with Gasteiger partial charge in [0.05, 0.1) is 5.60 Å². The standard InChI is InChI=1S/C11H24N2O2/c1-5-9(7-12)10(14)13-8-11(3,4)15-6-2/h9H,5-8,12H2,1-4H3,(H,13,14). The zero-order valence-corrected chi connectivity index (χ0v) is 10.3. The maximum atomic E-state index is 11.6. The Morgan fingerprint density at radius 3 is 2.47 bits per heavy atom. The van der Waals surface area contributed by atoms with Crippen molar-refractivity contribution in [3.8, 4) is 0 Å². The van der Waals surface area contributed by atoms with E-state index in [1.54, 1.807) is 0 Å². The van der Waals surface area contributed by atoms with Crippen LogP contribution in [0, 0.1) is 5.92 Å². The molecule has 3 N–H and O–H groups in total. The summed E-state index contributed by atoms with van der Waals surface area (Å²) in [6.45, 7) is 9.40. The van der Waals surface area contributed by atoms with E-state index in [2.05, 4.69) is 5.32 Å². The molecular formula is C11H24N2O2. The minimum Gasteiger partial charge on any atom is -0.374 e. The van der Waals surface area contributed by atoms with E-state index in [9.17, 15) is 4.79 Å². The zero-order valence-electron chi connectivity index (χ0n) is 10.3. The lowest BCUT2D eigenvalue weighted by Crippen LogP contribution is -2.44. The first-order valence-electron chi connectivity index (χ1n) is 5.58. The van der Waals surface area contributed by atoms with E-state index >= 15 is 0 Å². The molecule has 4 nitrogen and oxygen atoms in total. The molecule has 0 aliphatic rings. The van der Waals surface area contributed by atoms with E-state index in [0.29, 0.717) is 19.7 Å². The molecule has 0 radical (unpaired) electrons. The minimum absolute atomic E-state index is 0.0211. The fraction of sp³-hybridized carbons (Fsp3) is 0.909. The first kappa shape index (κ1) is 14.4. The number of carbonyl (C=O) groups excluding carboxylic acids is 1. The van der Waals surface area contributed by atoms with Gasteiger partial charge in [0.2, 0.25) is 5.91 Å². The lowest BCUT2D eigenvalue weighted by atomic mass is 10.1. The number of nitrogens with two attached hydrogens (primary N) is 1. The topological polar surface area (TPSA) is 64.3 Å². The molecule has 0 aromatic rings. The average molecular weight is 216 g/mol. The molecule has 90 valence electrons. The molecule has 0 rings (SSSR count). The van der Waals surface area contributed by atoms with Gasteiger partial charge in [-0.05, 0) is 27.2 Å². The van der Waals surface area contributed by atoms with E-state index in [-0.39, 0.29) is 17.4 Å². The second-order valence-electron chi connectivity index (χ2n) is 4.25. The van der Waals surface area contributed by atoms with Crippen molar-refractivity contribution in [3.63, 3.8) is 0 Å². The molecule has 0 spiro atoms. The fourth-order valence-corrected chi connectivity index (χ4v) is 1.35. The van der Waals surface area contributed by atoms with E-state index in [0.717, 1.165) is 6.42 Å². The van der Waals surface area contributed by atoms with Crippen molar-refractivity contribution in [1.29, 1.82) is 0 Å². The Kier molecular flexibility index (Phi) is 6.52. The van der Waals surface area contributed by atoms with Gasteiger partial charge in [-0.25, -0.2) is 0 Å². The largest absolute Gasteiger partial charge is 0.374 e. The van der Waals surface area contributed by atoms with Gasteiger partial charge in [0.1, 0.15) is 0 Å². The maximum Gasteiger partial charge on any atom is 0.224 e. The van der Waals surface area contributed by atoms with E-state index < -0.39 is 0 Å². The van der Waals surface area contributed by atoms with Crippen LogP contribution in [0.1, 0.15) is 34.1 Å². The summed E-state index contributed by atoms with van der Waals surface area (Å²) in [5.74, 6) is -0.0600. The summed E-state index contributed by atoms with van der Waals surface area (Å²) in [5.41, 5.74) is 5.18. The highest BCUT2D eigenvalue weighted by Crippen LogP contribution is 2.08. The molecule has 0 aromatic carbocycles. The molecule has 0 bridgehead atoms. The third-order valence-electron chi connectivity index (χ3n) is 2.37. The Hall–Kier alpha value is -0.610. The molecule has 15 heavy (non-hydrogen) atoms. The average Bonchev–Trinajstić information content (AvgIpc) is 2.17. The van der Waals surface area contributed by atoms with Crippen LogP contribution in [0.3, 0.4) is 0 Å². The normalized spacial score (nSPS) is 13.7. The van der Waals surface area contributed by atoms with Gasteiger partial charge >= 0.3 is 0 Å². The molecule has 0 saturated heterocycles. The third-order valence-corrected chi connectivity index (χ3v) is 2.37. The fourth-order valence-electron chi connectivity index (χ4n) is 1.35. The van der Waals surface area contributed by atoms with Gasteiger partial charge in [-0.15, -0.1) is 0 Å². The van der Waals surface area contributed by atoms with Crippen LogP contribution in [-0.2, 0) is 9.53 Å². The van der Waals surface area contributed by atoms with Crippen LogP contribution in [0.15, 0.2) is 0 Å². The Balaban J connectivity index is 3.98. The van der Waals surface area contributed by atoms with Gasteiger partial charge in [0, 0.05) is 25.6 Å². The number of rotatable bonds is 7. The van der Waals surface area contributed by atoms with E-state index in [1.165, 1.54) is 0 Å². The van der Waals surface area contributed by atoms with Gasteiger partial charge in [-0.3, -0.25) is 4.79 Å². The zero-order chi connectivity index (χ0) is 11.9. The summed E-state index contributed by atoms with van der Waals surface area (Å²) in [5, 5.41) is 2.87. The minimum atomic E-state index is -0.308. The highest BCUT2D eigenvalue weighted by atomic mass is 16.5. The SMILES string of the molecule is CCOC(C)(C)CNC(=O)C(CC)CN. The molecule has 0 aromatic heterocycles. The lowest BCUT2D eigenvalue weighted by Gasteiger charge is -2.25. The number of hydrogen-bond donors (Lipinski definition) is 2. The van der Waals surface area contributed by atoms with Crippen molar-refractivity contribution in [2.75, 3.05) is 19.7 Å². The predicted molar refractivity (Wildman–Crippen MR) is 61.6 cm³/mol. The lowest BCUT2D eigenvalue weighted by molar-refractivity contribution is -0.126. The highest BCUT2D eigenvalue weighted by Gasteiger charge is 2.21. The number of hydrogen-bond acceptors (Lipinski definition) is 3. The van der Waals surface area contributed by atoms with E-state index in [1.807, 2.05) is 27.7 Å². The Bertz CT molecular complexity index is 189. The van der Waals surface area contributed by atoms with Gasteiger partial charge in [-0.1, -0.05) is 6.92 Å². The second kappa shape index (κ2) is 6.80. The van der Waals surface area contributed by atoms with Crippen LogP contribution in [-0.4, -0.2) is 31.2 Å². The molecule has 1 atom stereocenters. The summed E-state index contributed by atoms with van der Waals surface area (Å²) in [7, 11) is 0. The maximum absolute atomic E-state index is 11.6. The van der Waals surface area contributed by atoms with Crippen LogP contribution in [0.5, 0.6) is 0 Å². The summed E-state index contributed by atoms with van der Waals surface area (Å²) in [4.78, 5) is 11.6. The molecule has 0 heterocycles. The molecule has 0 aliphatic heterocycles. The molecule has 4 heteroatoms. The molecule has 0 saturated carbocycles. The second-order valence-corrected chi connectivity index (χ2v) is 4.25. The Morgan fingerprint density at radius 2 is 2.07 bits per heavy atom. The van der Waals surface area contributed by atoms with Gasteiger partial charge in [-0.2, -0.15) is 0 Å². The highest BCUT2D eigenvalue weighted by molar-refractivity contribution is 5.78. The monoisotopic (exact) mass is 216 g/mol. The van der Waals surface area contributed by atoms with Gasteiger partial charge in [0.15, 0.2) is 0 Å². The van der Waals surface area contributed by atoms with Crippen molar-refractivity contribution in [1.82, 2.24) is 5.32 Å². The summed E-state index contributed by atoms with van der Waals surface area (Å²) < 4.78 is 5.48. The van der Waals surface area contributed by atoms with Crippen molar-refractivity contribution in [2.45, 2.75) is 39.7 Å². The van der Waals surface area contributed by atoms with Crippen LogP contribution < -0.4 is 11.1 Å². The Morgan fingerprint density at radius 1 is 1.47 bits per heavy atom. The summed E-state index contributed by atoms with van der Waals surface area (Å²) >= 11 is 0. The number of carbonyl (C=O) groups is 1. The number of nitrogens with one attached hydrogen (secondary N) is 1. The number of ether oxygens (including phenoxy) is 1. The van der Waals surface area contributed by atoms with E-state index in [4.69, 9.17) is 10.5 Å². The smallest absolute Gasteiger partial charge is 0.224 e. The third kappa shape index (κ3) is 5.74. The van der Waals surface area contributed by atoms with Crippen LogP contribution in [0.25, 0.3) is 0 Å². The van der Waals surface area contributed by atoms with Crippen LogP contribution in [0.2, 0.25) is 0 Å². The number of amides is 1. The van der Waals surface area contributed by atoms with Crippen molar-refractivity contribution in [3.05, 3.63) is 0 Å². The molecule has 0 aliphatic carbocycles. The van der Waals surface area contributed by atoms with Crippen molar-refractivity contribution < 1.29 is 9.53 Å². The van der Waals surface area contributed by atoms with Gasteiger partial charge < -0.3 is 15.8 Å². The van der Waals surface area contributed by atoms with Crippen LogP contribution >= 0.6 is 0 Å². The van der Waals surface area contributed by atoms with Crippen LogP contribution in [0.4, 0.5) is 0 Å². The molecule has 1 amide bonds. The molecule has 0 fully saturated rings. The van der Waals surface area contributed by atoms with Crippen molar-refractivity contribution >= 4 is 5.91 Å². The first-order valence-corrected chi connectivity index (χ1v) is 5.58. The molecular weight excluding hydrogens is 192 g/mol. The van der Waals surface area contributed by atoms with Crippen molar-refractivity contribution in [2.24, 2.45) is 11.7 Å². The Labute approximate surface area is 92.6 Å². The first-order chi connectivity index (χ1) is 6.96. The van der Waals surface area contributed by atoms with Gasteiger partial charge in [0.25, 0.3) is 0 Å². The summed E-state index contributed by atoms with van der Waals surface area (Å²) in [6.07, 6.45) is 0.775. The predicted octanol–water partition coefficient (Wildman–Crippen LogP) is 0.903. The molecule has 1 unspecified atom stereocenters. The quantitative estimate of drug-likeness (QED) is 0.664.